The first-order chi connectivity index (χ1) is 14.4. The number of aldehydes is 1. The van der Waals surface area contributed by atoms with Crippen molar-refractivity contribution in [3.8, 4) is 16.9 Å². The van der Waals surface area contributed by atoms with E-state index in [4.69, 9.17) is 18.3 Å². The van der Waals surface area contributed by atoms with Crippen LogP contribution < -0.4 is 10.6 Å². The molecule has 0 amide bonds. The van der Waals surface area contributed by atoms with Crippen molar-refractivity contribution in [2.45, 2.75) is 20.5 Å². The minimum Gasteiger partial charge on any atom is -0.496 e. The number of esters is 1. The first kappa shape index (κ1) is 20.8. The Bertz CT molecular complexity index is 1190. The van der Waals surface area contributed by atoms with Crippen molar-refractivity contribution in [2.24, 2.45) is 0 Å². The summed E-state index contributed by atoms with van der Waals surface area (Å²) in [4.78, 5) is 39.9. The molecule has 0 atom stereocenters. The number of aryl methyl sites for hydroxylation is 2. The van der Waals surface area contributed by atoms with Crippen LogP contribution in [-0.2, 0) is 11.3 Å². The van der Waals surface area contributed by atoms with Crippen molar-refractivity contribution in [1.82, 2.24) is 4.98 Å². The molecule has 0 fully saturated rings. The Labute approximate surface area is 171 Å². The van der Waals surface area contributed by atoms with E-state index in [-0.39, 0.29) is 23.8 Å². The molecule has 0 saturated heterocycles. The lowest BCUT2D eigenvalue weighted by molar-refractivity contribution is 0.0436. The van der Waals surface area contributed by atoms with Crippen LogP contribution in [-0.4, -0.2) is 24.3 Å². The van der Waals surface area contributed by atoms with E-state index in [0.29, 0.717) is 40.0 Å². The standard InChI is InChI=1S/C22H19NO7/c1-5-14-8-15(10-24)17(9-18(14)27-4)16-7-6-12(2)23-20(16)21(25)28-11-19-13(3)29-22(26)30-19/h5-10H,1,11H2,2-4H3. The molecule has 1 aromatic carbocycles. The summed E-state index contributed by atoms with van der Waals surface area (Å²) in [6.07, 6.45) is 2.25. The molecular formula is C22H19NO7. The largest absolute Gasteiger partial charge is 0.519 e. The first-order valence-electron chi connectivity index (χ1n) is 8.92. The van der Waals surface area contributed by atoms with E-state index in [1.165, 1.54) is 14.0 Å². The van der Waals surface area contributed by atoms with Crippen LogP contribution in [0.4, 0.5) is 0 Å². The number of carbonyl (C=O) groups is 2. The van der Waals surface area contributed by atoms with Crippen LogP contribution in [0.1, 0.15) is 43.6 Å². The molecule has 0 saturated carbocycles. The Kier molecular flexibility index (Phi) is 5.96. The van der Waals surface area contributed by atoms with Gasteiger partial charge in [-0.2, -0.15) is 0 Å². The molecule has 0 aliphatic rings. The summed E-state index contributed by atoms with van der Waals surface area (Å²) in [6, 6.07) is 6.65. The number of ether oxygens (including phenoxy) is 2. The SMILES string of the molecule is C=Cc1cc(C=O)c(-c2ccc(C)nc2C(=O)OCc2oc(=O)oc2C)cc1OC. The summed E-state index contributed by atoms with van der Waals surface area (Å²) in [6.45, 7) is 6.66. The van der Waals surface area contributed by atoms with Crippen LogP contribution in [0.2, 0.25) is 0 Å². The van der Waals surface area contributed by atoms with Gasteiger partial charge in [0.15, 0.2) is 30.1 Å². The van der Waals surface area contributed by atoms with Crippen LogP contribution >= 0.6 is 0 Å². The Balaban J connectivity index is 2.04. The molecule has 3 rings (SSSR count). The van der Waals surface area contributed by atoms with Gasteiger partial charge in [0.25, 0.3) is 0 Å². The lowest BCUT2D eigenvalue weighted by Crippen LogP contribution is -2.11. The fourth-order valence-corrected chi connectivity index (χ4v) is 2.92. The predicted molar refractivity (Wildman–Crippen MR) is 108 cm³/mol. The van der Waals surface area contributed by atoms with Gasteiger partial charge in [-0.1, -0.05) is 18.7 Å². The number of hydrogen-bond donors (Lipinski definition) is 0. The Hall–Kier alpha value is -3.94. The second-order valence-corrected chi connectivity index (χ2v) is 6.36. The summed E-state index contributed by atoms with van der Waals surface area (Å²) in [5.41, 5.74) is 2.42. The molecular weight excluding hydrogens is 390 g/mol. The summed E-state index contributed by atoms with van der Waals surface area (Å²) >= 11 is 0. The lowest BCUT2D eigenvalue weighted by atomic mass is 9.95. The number of benzene rings is 1. The highest BCUT2D eigenvalue weighted by atomic mass is 16.6. The molecule has 2 heterocycles. The molecule has 0 bridgehead atoms. The highest BCUT2D eigenvalue weighted by molar-refractivity contribution is 5.99. The zero-order valence-corrected chi connectivity index (χ0v) is 16.7. The van der Waals surface area contributed by atoms with Gasteiger partial charge in [-0.25, -0.2) is 14.6 Å². The number of methoxy groups -OCH3 is 1. The van der Waals surface area contributed by atoms with Gasteiger partial charge >= 0.3 is 11.8 Å². The van der Waals surface area contributed by atoms with Crippen molar-refractivity contribution in [3.05, 3.63) is 75.5 Å². The number of aromatic nitrogens is 1. The smallest absolute Gasteiger partial charge is 0.496 e. The van der Waals surface area contributed by atoms with E-state index >= 15 is 0 Å². The van der Waals surface area contributed by atoms with Crippen molar-refractivity contribution in [3.63, 3.8) is 0 Å². The molecule has 0 radical (unpaired) electrons. The summed E-state index contributed by atoms with van der Waals surface area (Å²) in [7, 11) is 1.50. The Morgan fingerprint density at radius 3 is 2.53 bits per heavy atom. The molecule has 0 aliphatic carbocycles. The van der Waals surface area contributed by atoms with E-state index < -0.39 is 11.8 Å². The molecule has 0 spiro atoms. The highest BCUT2D eigenvalue weighted by Gasteiger charge is 2.21. The summed E-state index contributed by atoms with van der Waals surface area (Å²) < 4.78 is 20.2. The number of carbonyl (C=O) groups excluding carboxylic acids is 2. The third-order valence-electron chi connectivity index (χ3n) is 4.44. The predicted octanol–water partition coefficient (Wildman–Crippen LogP) is 3.73. The van der Waals surface area contributed by atoms with E-state index in [0.717, 1.165) is 0 Å². The molecule has 0 aliphatic heterocycles. The van der Waals surface area contributed by atoms with E-state index in [1.54, 1.807) is 37.3 Å². The topological polar surface area (TPSA) is 109 Å². The molecule has 3 aromatic rings. The number of hydrogen-bond acceptors (Lipinski definition) is 8. The van der Waals surface area contributed by atoms with Gasteiger partial charge in [0.1, 0.15) is 5.75 Å². The second kappa shape index (κ2) is 8.60. The second-order valence-electron chi connectivity index (χ2n) is 6.36. The quantitative estimate of drug-likeness (QED) is 0.429. The van der Waals surface area contributed by atoms with Crippen LogP contribution in [0.25, 0.3) is 17.2 Å². The number of rotatable bonds is 7. The minimum atomic E-state index is -0.877. The molecule has 8 heteroatoms. The van der Waals surface area contributed by atoms with Gasteiger partial charge in [-0.3, -0.25) is 4.79 Å². The maximum Gasteiger partial charge on any atom is 0.519 e. The van der Waals surface area contributed by atoms with Gasteiger partial charge in [0, 0.05) is 22.4 Å². The third kappa shape index (κ3) is 4.07. The first-order valence-corrected chi connectivity index (χ1v) is 8.92. The molecule has 2 aromatic heterocycles. The summed E-state index contributed by atoms with van der Waals surface area (Å²) in [5.74, 6) is -0.814. The average molecular weight is 409 g/mol. The third-order valence-corrected chi connectivity index (χ3v) is 4.44. The maximum absolute atomic E-state index is 12.8. The van der Waals surface area contributed by atoms with E-state index in [1.807, 2.05) is 0 Å². The average Bonchev–Trinajstić information content (AvgIpc) is 3.07. The van der Waals surface area contributed by atoms with Gasteiger partial charge in [0.2, 0.25) is 0 Å². The molecule has 0 unspecified atom stereocenters. The van der Waals surface area contributed by atoms with Gasteiger partial charge in [0.05, 0.1) is 7.11 Å². The van der Waals surface area contributed by atoms with E-state index in [2.05, 4.69) is 11.6 Å². The van der Waals surface area contributed by atoms with Crippen molar-refractivity contribution in [2.75, 3.05) is 7.11 Å². The molecule has 30 heavy (non-hydrogen) atoms. The van der Waals surface area contributed by atoms with Crippen LogP contribution in [0.15, 0.2) is 44.5 Å². The Morgan fingerprint density at radius 1 is 1.17 bits per heavy atom. The van der Waals surface area contributed by atoms with Gasteiger partial charge in [-0.05, 0) is 37.6 Å². The monoisotopic (exact) mass is 409 g/mol. The summed E-state index contributed by atoms with van der Waals surface area (Å²) in [5, 5.41) is 0. The number of nitrogens with zero attached hydrogens (tertiary/aromatic N) is 1. The minimum absolute atomic E-state index is 0.00926. The zero-order chi connectivity index (χ0) is 21.8. The fourth-order valence-electron chi connectivity index (χ4n) is 2.92. The zero-order valence-electron chi connectivity index (χ0n) is 16.7. The fraction of sp³-hybridized carbons (Fsp3) is 0.182. The van der Waals surface area contributed by atoms with Gasteiger partial charge < -0.3 is 18.3 Å². The van der Waals surface area contributed by atoms with Crippen LogP contribution in [0, 0.1) is 13.8 Å². The van der Waals surface area contributed by atoms with Crippen molar-refractivity contribution >= 4 is 18.3 Å². The maximum atomic E-state index is 12.8. The van der Waals surface area contributed by atoms with Gasteiger partial charge in [-0.15, -0.1) is 0 Å². The van der Waals surface area contributed by atoms with Crippen molar-refractivity contribution in [1.29, 1.82) is 0 Å². The molecule has 154 valence electrons. The molecule has 8 nitrogen and oxygen atoms in total. The highest BCUT2D eigenvalue weighted by Crippen LogP contribution is 2.33. The Morgan fingerprint density at radius 2 is 1.93 bits per heavy atom. The van der Waals surface area contributed by atoms with Crippen molar-refractivity contribution < 1.29 is 27.9 Å². The lowest BCUT2D eigenvalue weighted by Gasteiger charge is -2.14. The normalized spacial score (nSPS) is 10.5. The number of pyridine rings is 1. The van der Waals surface area contributed by atoms with Crippen LogP contribution in [0.3, 0.4) is 0 Å². The van der Waals surface area contributed by atoms with E-state index in [9.17, 15) is 14.4 Å². The van der Waals surface area contributed by atoms with Crippen LogP contribution in [0.5, 0.6) is 5.75 Å². The molecule has 0 N–H and O–H groups in total.